The summed E-state index contributed by atoms with van der Waals surface area (Å²) in [6, 6.07) is 24.5. The minimum atomic E-state index is -0.420. The van der Waals surface area contributed by atoms with Crippen molar-refractivity contribution in [3.05, 3.63) is 84.4 Å². The van der Waals surface area contributed by atoms with Crippen LogP contribution in [0.15, 0.2) is 83.8 Å². The van der Waals surface area contributed by atoms with Crippen LogP contribution in [0.1, 0.15) is 10.4 Å². The van der Waals surface area contributed by atoms with Gasteiger partial charge in [-0.15, -0.1) is 11.8 Å². The SMILES string of the molecule is NC(=O)CSc1ccccc1C(=O)Nc1ccc(Nc2ccccc2)cc1. The lowest BCUT2D eigenvalue weighted by Crippen LogP contribution is -2.15. The number of thioether (sulfide) groups is 1. The topological polar surface area (TPSA) is 84.2 Å². The van der Waals surface area contributed by atoms with Gasteiger partial charge in [-0.1, -0.05) is 30.3 Å². The first-order valence-corrected chi connectivity index (χ1v) is 9.34. The Morgan fingerprint density at radius 1 is 0.778 bits per heavy atom. The number of rotatable bonds is 7. The van der Waals surface area contributed by atoms with E-state index in [9.17, 15) is 9.59 Å². The Bertz CT molecular complexity index is 928. The molecule has 0 aliphatic heterocycles. The molecule has 0 aromatic heterocycles. The van der Waals surface area contributed by atoms with Crippen molar-refractivity contribution in [2.45, 2.75) is 4.90 Å². The second kappa shape index (κ2) is 8.91. The van der Waals surface area contributed by atoms with Gasteiger partial charge in [0.1, 0.15) is 0 Å². The molecule has 3 aromatic carbocycles. The summed E-state index contributed by atoms with van der Waals surface area (Å²) in [5.41, 5.74) is 8.31. The monoisotopic (exact) mass is 377 g/mol. The maximum Gasteiger partial charge on any atom is 0.256 e. The normalized spacial score (nSPS) is 10.2. The van der Waals surface area contributed by atoms with Crippen LogP contribution >= 0.6 is 11.8 Å². The van der Waals surface area contributed by atoms with Gasteiger partial charge in [0.05, 0.1) is 11.3 Å². The van der Waals surface area contributed by atoms with Crippen LogP contribution in [-0.2, 0) is 4.79 Å². The van der Waals surface area contributed by atoms with E-state index in [1.807, 2.05) is 60.7 Å². The molecule has 4 N–H and O–H groups in total. The van der Waals surface area contributed by atoms with Crippen LogP contribution in [0.4, 0.5) is 17.1 Å². The summed E-state index contributed by atoms with van der Waals surface area (Å²) >= 11 is 1.25. The fraction of sp³-hybridized carbons (Fsp3) is 0.0476. The number of primary amides is 1. The third-order valence-electron chi connectivity index (χ3n) is 3.71. The third-order valence-corrected chi connectivity index (χ3v) is 4.80. The van der Waals surface area contributed by atoms with Crippen molar-refractivity contribution in [2.24, 2.45) is 5.73 Å². The van der Waals surface area contributed by atoms with E-state index >= 15 is 0 Å². The van der Waals surface area contributed by atoms with E-state index in [0.29, 0.717) is 11.3 Å². The molecule has 0 atom stereocenters. The highest BCUT2D eigenvalue weighted by atomic mass is 32.2. The van der Waals surface area contributed by atoms with E-state index in [1.165, 1.54) is 11.8 Å². The first-order valence-electron chi connectivity index (χ1n) is 8.35. The molecule has 0 radical (unpaired) electrons. The van der Waals surface area contributed by atoms with Gasteiger partial charge >= 0.3 is 0 Å². The third kappa shape index (κ3) is 5.36. The van der Waals surface area contributed by atoms with E-state index in [1.54, 1.807) is 18.2 Å². The molecule has 136 valence electrons. The summed E-state index contributed by atoms with van der Waals surface area (Å²) in [6.45, 7) is 0. The molecule has 0 unspecified atom stereocenters. The quantitative estimate of drug-likeness (QED) is 0.537. The van der Waals surface area contributed by atoms with Crippen molar-refractivity contribution in [1.29, 1.82) is 0 Å². The number of anilines is 3. The Kier molecular flexibility index (Phi) is 6.12. The van der Waals surface area contributed by atoms with Gasteiger partial charge in [-0.2, -0.15) is 0 Å². The van der Waals surface area contributed by atoms with E-state index in [-0.39, 0.29) is 11.7 Å². The molecule has 0 bridgehead atoms. The molecule has 5 nitrogen and oxygen atoms in total. The molecule has 2 amide bonds. The van der Waals surface area contributed by atoms with Crippen LogP contribution in [-0.4, -0.2) is 17.6 Å². The second-order valence-electron chi connectivity index (χ2n) is 5.77. The van der Waals surface area contributed by atoms with Crippen LogP contribution in [0, 0.1) is 0 Å². The minimum absolute atomic E-state index is 0.129. The second-order valence-corrected chi connectivity index (χ2v) is 6.79. The molecule has 0 saturated heterocycles. The summed E-state index contributed by atoms with van der Waals surface area (Å²) in [4.78, 5) is 24.3. The van der Waals surface area contributed by atoms with Crippen molar-refractivity contribution in [3.8, 4) is 0 Å². The van der Waals surface area contributed by atoms with Crippen molar-refractivity contribution in [1.82, 2.24) is 0 Å². The number of hydrogen-bond acceptors (Lipinski definition) is 4. The van der Waals surface area contributed by atoms with Crippen LogP contribution in [0.5, 0.6) is 0 Å². The Labute approximate surface area is 162 Å². The maximum atomic E-state index is 12.6. The number of hydrogen-bond donors (Lipinski definition) is 3. The van der Waals surface area contributed by atoms with Gasteiger partial charge in [-0.05, 0) is 48.5 Å². The van der Waals surface area contributed by atoms with Crippen LogP contribution < -0.4 is 16.4 Å². The molecule has 3 aromatic rings. The zero-order chi connectivity index (χ0) is 19.1. The lowest BCUT2D eigenvalue weighted by atomic mass is 10.2. The molecule has 0 spiro atoms. The number of benzene rings is 3. The lowest BCUT2D eigenvalue weighted by Gasteiger charge is -2.11. The van der Waals surface area contributed by atoms with Gasteiger partial charge in [0.25, 0.3) is 5.91 Å². The van der Waals surface area contributed by atoms with E-state index in [0.717, 1.165) is 16.3 Å². The van der Waals surface area contributed by atoms with E-state index in [4.69, 9.17) is 5.73 Å². The zero-order valence-corrected chi connectivity index (χ0v) is 15.3. The van der Waals surface area contributed by atoms with E-state index < -0.39 is 5.91 Å². The molecule has 6 heteroatoms. The standard InChI is InChI=1S/C21H19N3O2S/c22-20(25)14-27-19-9-5-4-8-18(19)21(26)24-17-12-10-16(11-13-17)23-15-6-2-1-3-7-15/h1-13,23H,14H2,(H2,22,25)(H,24,26). The molecule has 0 aliphatic rings. The predicted molar refractivity (Wildman–Crippen MR) is 110 cm³/mol. The van der Waals surface area contributed by atoms with Gasteiger partial charge in [0, 0.05) is 22.0 Å². The average Bonchev–Trinajstić information content (AvgIpc) is 2.69. The fourth-order valence-electron chi connectivity index (χ4n) is 2.45. The van der Waals surface area contributed by atoms with Gasteiger partial charge in [-0.25, -0.2) is 0 Å². The van der Waals surface area contributed by atoms with Crippen LogP contribution in [0.2, 0.25) is 0 Å². The molecule has 27 heavy (non-hydrogen) atoms. The summed E-state index contributed by atoms with van der Waals surface area (Å²) in [7, 11) is 0. The van der Waals surface area contributed by atoms with Crippen molar-refractivity contribution in [3.63, 3.8) is 0 Å². The van der Waals surface area contributed by atoms with Crippen molar-refractivity contribution < 1.29 is 9.59 Å². The fourth-order valence-corrected chi connectivity index (χ4v) is 3.24. The van der Waals surface area contributed by atoms with E-state index in [2.05, 4.69) is 10.6 Å². The number of nitrogens with two attached hydrogens (primary N) is 1. The first kappa shape index (κ1) is 18.5. The van der Waals surface area contributed by atoms with Crippen LogP contribution in [0.25, 0.3) is 0 Å². The maximum absolute atomic E-state index is 12.6. The largest absolute Gasteiger partial charge is 0.369 e. The van der Waals surface area contributed by atoms with Gasteiger partial charge in [-0.3, -0.25) is 9.59 Å². The summed E-state index contributed by atoms with van der Waals surface area (Å²) in [5.74, 6) is -0.521. The Hall–Kier alpha value is -3.25. The van der Waals surface area contributed by atoms with Gasteiger partial charge in [0.2, 0.25) is 5.91 Å². The average molecular weight is 377 g/mol. The smallest absolute Gasteiger partial charge is 0.256 e. The minimum Gasteiger partial charge on any atom is -0.369 e. The Morgan fingerprint density at radius 2 is 1.37 bits per heavy atom. The molecule has 3 rings (SSSR count). The molecular formula is C21H19N3O2S. The van der Waals surface area contributed by atoms with Crippen molar-refractivity contribution >= 4 is 40.6 Å². The highest BCUT2D eigenvalue weighted by Crippen LogP contribution is 2.24. The first-order chi connectivity index (χ1) is 13.1. The van der Waals surface area contributed by atoms with Gasteiger partial charge in [0.15, 0.2) is 0 Å². The number of carbonyl (C=O) groups excluding carboxylic acids is 2. The number of carbonyl (C=O) groups is 2. The molecule has 0 fully saturated rings. The van der Waals surface area contributed by atoms with Crippen molar-refractivity contribution in [2.75, 3.05) is 16.4 Å². The number of nitrogens with one attached hydrogen (secondary N) is 2. The van der Waals surface area contributed by atoms with Gasteiger partial charge < -0.3 is 16.4 Å². The summed E-state index contributed by atoms with van der Waals surface area (Å²) < 4.78 is 0. The predicted octanol–water partition coefficient (Wildman–Crippen LogP) is 4.26. The highest BCUT2D eigenvalue weighted by molar-refractivity contribution is 8.00. The molecule has 0 aliphatic carbocycles. The lowest BCUT2D eigenvalue weighted by molar-refractivity contribution is -0.115. The molecule has 0 saturated carbocycles. The number of amides is 2. The molecular weight excluding hydrogens is 358 g/mol. The zero-order valence-electron chi connectivity index (χ0n) is 14.5. The summed E-state index contributed by atoms with van der Waals surface area (Å²) in [5, 5.41) is 6.17. The Balaban J connectivity index is 1.67. The molecule has 0 heterocycles. The highest BCUT2D eigenvalue weighted by Gasteiger charge is 2.12. The number of para-hydroxylation sites is 1. The Morgan fingerprint density at radius 3 is 2.07 bits per heavy atom. The van der Waals surface area contributed by atoms with Crippen LogP contribution in [0.3, 0.4) is 0 Å². The summed E-state index contributed by atoms with van der Waals surface area (Å²) in [6.07, 6.45) is 0.